The van der Waals surface area contributed by atoms with Crippen LogP contribution < -0.4 is 4.72 Å². The van der Waals surface area contributed by atoms with Gasteiger partial charge in [0.2, 0.25) is 10.0 Å². The Bertz CT molecular complexity index is 1230. The number of nitrogens with one attached hydrogen (secondary N) is 1. The van der Waals surface area contributed by atoms with Gasteiger partial charge in [-0.05, 0) is 29.1 Å². The van der Waals surface area contributed by atoms with Crippen LogP contribution in [0.3, 0.4) is 0 Å². The normalized spacial score (nSPS) is 11.7. The molecule has 0 spiro atoms. The molecule has 1 N–H and O–H groups in total. The van der Waals surface area contributed by atoms with E-state index in [1.165, 1.54) is 23.6 Å². The largest absolute Gasteiger partial charge is 0.266 e. The number of nitrogens with zero attached hydrogens (tertiary/aromatic N) is 2. The van der Waals surface area contributed by atoms with Crippen LogP contribution in [0.25, 0.3) is 10.6 Å². The van der Waals surface area contributed by atoms with Crippen LogP contribution in [0.5, 0.6) is 0 Å². The molecular formula is C21H17F2N3O2S2. The molecule has 0 radical (unpaired) electrons. The van der Waals surface area contributed by atoms with Gasteiger partial charge >= 0.3 is 0 Å². The molecule has 0 amide bonds. The summed E-state index contributed by atoms with van der Waals surface area (Å²) in [5, 5.41) is 6.29. The lowest BCUT2D eigenvalue weighted by atomic mass is 10.2. The third-order valence-corrected chi connectivity index (χ3v) is 6.74. The summed E-state index contributed by atoms with van der Waals surface area (Å²) < 4.78 is 57.6. The summed E-state index contributed by atoms with van der Waals surface area (Å²) in [5.74, 6) is -1.62. The molecule has 0 bridgehead atoms. The van der Waals surface area contributed by atoms with Gasteiger partial charge in [0.15, 0.2) is 0 Å². The first-order chi connectivity index (χ1) is 14.4. The van der Waals surface area contributed by atoms with Crippen molar-refractivity contribution in [1.29, 1.82) is 0 Å². The summed E-state index contributed by atoms with van der Waals surface area (Å²) in [6.45, 7) is -0.120. The maximum atomic E-state index is 13.9. The highest BCUT2D eigenvalue weighted by molar-refractivity contribution is 7.89. The fraction of sp³-hybridized carbons (Fsp3) is 0.0952. The van der Waals surface area contributed by atoms with Crippen molar-refractivity contribution in [2.75, 3.05) is 0 Å². The first-order valence-electron chi connectivity index (χ1n) is 9.02. The molecule has 0 atom stereocenters. The predicted molar refractivity (Wildman–Crippen MR) is 111 cm³/mol. The highest BCUT2D eigenvalue weighted by Crippen LogP contribution is 2.30. The molecule has 4 rings (SSSR count). The summed E-state index contributed by atoms with van der Waals surface area (Å²) in [6, 6.07) is 16.5. The SMILES string of the molecule is O=S(=O)(NCc1c(F)cccc1F)c1cn(Cc2ccccc2)nc1-c1cccs1. The van der Waals surface area contributed by atoms with Crippen LogP contribution in [0.4, 0.5) is 8.78 Å². The smallest absolute Gasteiger partial charge is 0.244 e. The summed E-state index contributed by atoms with van der Waals surface area (Å²) in [4.78, 5) is 0.636. The van der Waals surface area contributed by atoms with Crippen LogP contribution >= 0.6 is 11.3 Å². The highest BCUT2D eigenvalue weighted by Gasteiger charge is 2.25. The van der Waals surface area contributed by atoms with E-state index in [1.807, 2.05) is 35.7 Å². The topological polar surface area (TPSA) is 64.0 Å². The minimum absolute atomic E-state index is 0.0439. The molecule has 0 saturated carbocycles. The maximum Gasteiger partial charge on any atom is 0.244 e. The van der Waals surface area contributed by atoms with Crippen LogP contribution in [0.1, 0.15) is 11.1 Å². The van der Waals surface area contributed by atoms with E-state index in [0.29, 0.717) is 17.1 Å². The molecular weight excluding hydrogens is 428 g/mol. The number of benzene rings is 2. The van der Waals surface area contributed by atoms with Gasteiger partial charge in [0.25, 0.3) is 0 Å². The van der Waals surface area contributed by atoms with Gasteiger partial charge in [-0.2, -0.15) is 5.10 Å². The summed E-state index contributed by atoms with van der Waals surface area (Å²) >= 11 is 1.36. The zero-order valence-electron chi connectivity index (χ0n) is 15.6. The van der Waals surface area contributed by atoms with Crippen molar-refractivity contribution in [2.24, 2.45) is 0 Å². The molecule has 0 fully saturated rings. The molecule has 0 unspecified atom stereocenters. The molecule has 0 aliphatic rings. The Labute approximate surface area is 176 Å². The van der Waals surface area contributed by atoms with Crippen molar-refractivity contribution in [1.82, 2.24) is 14.5 Å². The lowest BCUT2D eigenvalue weighted by molar-refractivity contribution is 0.544. The maximum absolute atomic E-state index is 13.9. The van der Waals surface area contributed by atoms with Crippen molar-refractivity contribution < 1.29 is 17.2 Å². The zero-order chi connectivity index (χ0) is 21.1. The zero-order valence-corrected chi connectivity index (χ0v) is 17.3. The van der Waals surface area contributed by atoms with Gasteiger partial charge in [-0.15, -0.1) is 11.3 Å². The third-order valence-electron chi connectivity index (χ3n) is 4.46. The molecule has 9 heteroatoms. The van der Waals surface area contributed by atoms with Crippen molar-refractivity contribution in [3.8, 4) is 10.6 Å². The molecule has 4 aromatic rings. The van der Waals surface area contributed by atoms with Crippen LogP contribution in [0.2, 0.25) is 0 Å². The second kappa shape index (κ2) is 8.47. The Morgan fingerprint density at radius 1 is 0.967 bits per heavy atom. The average molecular weight is 446 g/mol. The summed E-state index contributed by atoms with van der Waals surface area (Å²) in [7, 11) is -4.08. The second-order valence-corrected chi connectivity index (χ2v) is 9.21. The number of sulfonamides is 1. The highest BCUT2D eigenvalue weighted by atomic mass is 32.2. The standard InChI is InChI=1S/C21H17F2N3O2S2/c22-17-8-4-9-18(23)16(17)12-24-30(27,28)20-14-26(13-15-6-2-1-3-7-15)25-21(20)19-10-5-11-29-19/h1-11,14,24H,12-13H2. The lowest BCUT2D eigenvalue weighted by Gasteiger charge is -2.08. The van der Waals surface area contributed by atoms with Gasteiger partial charge in [0.1, 0.15) is 22.2 Å². The third kappa shape index (κ3) is 4.33. The number of rotatable bonds is 7. The number of aromatic nitrogens is 2. The van der Waals surface area contributed by atoms with E-state index >= 15 is 0 Å². The van der Waals surface area contributed by atoms with Gasteiger partial charge in [-0.1, -0.05) is 42.5 Å². The monoisotopic (exact) mass is 445 g/mol. The molecule has 30 heavy (non-hydrogen) atoms. The van der Waals surface area contributed by atoms with Gasteiger partial charge in [-0.3, -0.25) is 4.68 Å². The van der Waals surface area contributed by atoms with Gasteiger partial charge in [0, 0.05) is 18.3 Å². The second-order valence-electron chi connectivity index (χ2n) is 6.53. The fourth-order valence-corrected chi connectivity index (χ4v) is 4.92. The molecule has 2 aromatic heterocycles. The summed E-state index contributed by atoms with van der Waals surface area (Å²) in [5.41, 5.74) is 0.918. The summed E-state index contributed by atoms with van der Waals surface area (Å²) in [6.07, 6.45) is 1.43. The fourth-order valence-electron chi connectivity index (χ4n) is 2.98. The first kappa shape index (κ1) is 20.4. The van der Waals surface area contributed by atoms with E-state index in [-0.39, 0.29) is 10.5 Å². The quantitative estimate of drug-likeness (QED) is 0.458. The van der Waals surface area contributed by atoms with E-state index in [2.05, 4.69) is 9.82 Å². The molecule has 2 heterocycles. The van der Waals surface area contributed by atoms with E-state index in [1.54, 1.807) is 16.8 Å². The predicted octanol–water partition coefficient (Wildman–Crippen LogP) is 4.42. The van der Waals surface area contributed by atoms with Crippen molar-refractivity contribution in [2.45, 2.75) is 18.0 Å². The minimum Gasteiger partial charge on any atom is -0.266 e. The molecule has 0 aliphatic heterocycles. The van der Waals surface area contributed by atoms with Gasteiger partial charge < -0.3 is 0 Å². The van der Waals surface area contributed by atoms with Gasteiger partial charge in [0.05, 0.1) is 11.4 Å². The van der Waals surface area contributed by atoms with E-state index in [4.69, 9.17) is 0 Å². The van der Waals surface area contributed by atoms with Crippen LogP contribution in [-0.4, -0.2) is 18.2 Å². The molecule has 2 aromatic carbocycles. The lowest BCUT2D eigenvalue weighted by Crippen LogP contribution is -2.24. The van der Waals surface area contributed by atoms with Crippen molar-refractivity contribution in [3.63, 3.8) is 0 Å². The van der Waals surface area contributed by atoms with E-state index in [9.17, 15) is 17.2 Å². The van der Waals surface area contributed by atoms with E-state index in [0.717, 1.165) is 17.7 Å². The Balaban J connectivity index is 1.67. The van der Waals surface area contributed by atoms with Crippen LogP contribution in [0, 0.1) is 11.6 Å². The Kier molecular flexibility index (Phi) is 5.76. The Morgan fingerprint density at radius 2 is 1.70 bits per heavy atom. The number of hydrogen-bond acceptors (Lipinski definition) is 4. The van der Waals surface area contributed by atoms with Crippen molar-refractivity contribution in [3.05, 3.63) is 95.0 Å². The van der Waals surface area contributed by atoms with Crippen LogP contribution in [-0.2, 0) is 23.1 Å². The number of hydrogen-bond donors (Lipinski definition) is 1. The molecule has 5 nitrogen and oxygen atoms in total. The molecule has 154 valence electrons. The van der Waals surface area contributed by atoms with Crippen LogP contribution in [0.15, 0.2) is 77.1 Å². The molecule has 0 aliphatic carbocycles. The Morgan fingerprint density at radius 3 is 2.37 bits per heavy atom. The minimum atomic E-state index is -4.08. The van der Waals surface area contributed by atoms with E-state index < -0.39 is 28.2 Å². The Hall–Kier alpha value is -2.88. The number of thiophene rings is 1. The number of halogens is 2. The average Bonchev–Trinajstić information content (AvgIpc) is 3.38. The molecule has 0 saturated heterocycles. The van der Waals surface area contributed by atoms with Crippen molar-refractivity contribution >= 4 is 21.4 Å². The first-order valence-corrected chi connectivity index (χ1v) is 11.4. The van der Waals surface area contributed by atoms with Gasteiger partial charge in [-0.25, -0.2) is 21.9 Å².